The van der Waals surface area contributed by atoms with Crippen LogP contribution in [0.25, 0.3) is 0 Å². The third kappa shape index (κ3) is 3.09. The predicted octanol–water partition coefficient (Wildman–Crippen LogP) is 3.73. The fraction of sp³-hybridized carbons (Fsp3) is 0.615. The smallest absolute Gasteiger partial charge is 0.170 e. The van der Waals surface area contributed by atoms with Crippen LogP contribution in [0.15, 0.2) is 12.3 Å². The van der Waals surface area contributed by atoms with E-state index in [1.54, 1.807) is 12.3 Å². The lowest BCUT2D eigenvalue weighted by Gasteiger charge is -2.26. The van der Waals surface area contributed by atoms with Gasteiger partial charge in [-0.05, 0) is 18.9 Å². The van der Waals surface area contributed by atoms with Crippen molar-refractivity contribution in [2.24, 2.45) is 0 Å². The van der Waals surface area contributed by atoms with Gasteiger partial charge in [-0.15, -0.1) is 11.6 Å². The van der Waals surface area contributed by atoms with E-state index < -0.39 is 0 Å². The first kappa shape index (κ1) is 12.6. The first-order valence-electron chi connectivity index (χ1n) is 6.27. The van der Waals surface area contributed by atoms with E-state index in [4.69, 9.17) is 11.6 Å². The molecule has 0 unspecified atom stereocenters. The van der Waals surface area contributed by atoms with Gasteiger partial charge in [0.1, 0.15) is 0 Å². The highest BCUT2D eigenvalue weighted by molar-refractivity contribution is 6.17. The maximum Gasteiger partial charge on any atom is 0.170 e. The van der Waals surface area contributed by atoms with Crippen LogP contribution in [0.3, 0.4) is 0 Å². The minimum absolute atomic E-state index is 0.204. The molecule has 0 N–H and O–H groups in total. The Kier molecular flexibility index (Phi) is 4.60. The van der Waals surface area contributed by atoms with Crippen molar-refractivity contribution in [3.63, 3.8) is 0 Å². The molecule has 1 aromatic heterocycles. The summed E-state index contributed by atoms with van der Waals surface area (Å²) in [7, 11) is 0. The number of hydrogen-bond acceptors (Lipinski definition) is 2. The molecule has 17 heavy (non-hydrogen) atoms. The van der Waals surface area contributed by atoms with Crippen LogP contribution >= 0.6 is 11.6 Å². The topological polar surface area (TPSA) is 16.1 Å². The summed E-state index contributed by atoms with van der Waals surface area (Å²) in [6.07, 6.45) is 7.64. The molecule has 4 heteroatoms. The van der Waals surface area contributed by atoms with Crippen LogP contribution < -0.4 is 4.90 Å². The van der Waals surface area contributed by atoms with Crippen molar-refractivity contribution in [1.82, 2.24) is 4.98 Å². The lowest BCUT2D eigenvalue weighted by molar-refractivity contribution is 0.538. The van der Waals surface area contributed by atoms with Gasteiger partial charge in [0.15, 0.2) is 11.6 Å². The molecular weight excluding hydrogens is 239 g/mol. The number of nitrogens with zero attached hydrogens (tertiary/aromatic N) is 2. The second-order valence-corrected chi connectivity index (χ2v) is 4.76. The molecule has 0 aliphatic carbocycles. The summed E-state index contributed by atoms with van der Waals surface area (Å²) < 4.78 is 14.1. The van der Waals surface area contributed by atoms with E-state index in [0.717, 1.165) is 25.9 Å². The molecule has 1 fully saturated rings. The van der Waals surface area contributed by atoms with E-state index in [9.17, 15) is 4.39 Å². The monoisotopic (exact) mass is 256 g/mol. The van der Waals surface area contributed by atoms with Crippen LogP contribution in [0.5, 0.6) is 0 Å². The Hall–Kier alpha value is -0.830. The van der Waals surface area contributed by atoms with Crippen molar-refractivity contribution in [2.45, 2.75) is 38.0 Å². The molecule has 0 aromatic carbocycles. The van der Waals surface area contributed by atoms with Gasteiger partial charge >= 0.3 is 0 Å². The van der Waals surface area contributed by atoms with Crippen molar-refractivity contribution < 1.29 is 4.39 Å². The van der Waals surface area contributed by atoms with Gasteiger partial charge in [-0.2, -0.15) is 0 Å². The summed E-state index contributed by atoms with van der Waals surface area (Å²) in [4.78, 5) is 6.24. The lowest BCUT2D eigenvalue weighted by atomic mass is 10.1. The molecule has 2 heterocycles. The third-order valence-corrected chi connectivity index (χ3v) is 3.54. The van der Waals surface area contributed by atoms with Crippen LogP contribution in [-0.4, -0.2) is 18.1 Å². The Morgan fingerprint density at radius 2 is 1.82 bits per heavy atom. The van der Waals surface area contributed by atoms with Gasteiger partial charge < -0.3 is 4.90 Å². The molecule has 0 amide bonds. The van der Waals surface area contributed by atoms with E-state index in [1.807, 2.05) is 0 Å². The number of anilines is 1. The first-order valence-corrected chi connectivity index (χ1v) is 6.80. The normalized spacial score (nSPS) is 17.6. The number of halogens is 2. The summed E-state index contributed by atoms with van der Waals surface area (Å²) in [5.41, 5.74) is 0.540. The molecule has 0 spiro atoms. The van der Waals surface area contributed by atoms with E-state index in [2.05, 4.69) is 9.88 Å². The maximum atomic E-state index is 14.1. The molecule has 1 aliphatic rings. The van der Waals surface area contributed by atoms with Crippen LogP contribution in [-0.2, 0) is 5.88 Å². The standard InChI is InChI=1S/C13H18ClFN2/c14-10-11-6-7-16-13(12(11)15)17-8-4-2-1-3-5-9-17/h6-7H,1-5,8-10H2. The Labute approximate surface area is 107 Å². The Bertz CT molecular complexity index is 362. The number of pyridine rings is 1. The van der Waals surface area contributed by atoms with Gasteiger partial charge in [-0.1, -0.05) is 19.3 Å². The van der Waals surface area contributed by atoms with E-state index in [-0.39, 0.29) is 11.7 Å². The molecular formula is C13H18ClFN2. The molecule has 1 aromatic rings. The zero-order valence-electron chi connectivity index (χ0n) is 9.96. The van der Waals surface area contributed by atoms with Crippen LogP contribution in [0, 0.1) is 5.82 Å². The highest BCUT2D eigenvalue weighted by Crippen LogP contribution is 2.23. The lowest BCUT2D eigenvalue weighted by Crippen LogP contribution is -2.29. The van der Waals surface area contributed by atoms with Crippen LogP contribution in [0.1, 0.15) is 37.7 Å². The largest absolute Gasteiger partial charge is 0.354 e. The Morgan fingerprint density at radius 3 is 2.47 bits per heavy atom. The first-order chi connectivity index (χ1) is 8.33. The second-order valence-electron chi connectivity index (χ2n) is 4.50. The van der Waals surface area contributed by atoms with Gasteiger partial charge in [-0.25, -0.2) is 9.37 Å². The molecule has 0 bridgehead atoms. The van der Waals surface area contributed by atoms with Crippen molar-refractivity contribution in [3.05, 3.63) is 23.6 Å². The molecule has 2 nitrogen and oxygen atoms in total. The zero-order valence-corrected chi connectivity index (χ0v) is 10.7. The molecule has 1 saturated heterocycles. The van der Waals surface area contributed by atoms with Gasteiger partial charge in [0, 0.05) is 24.8 Å². The van der Waals surface area contributed by atoms with Gasteiger partial charge in [0.05, 0.1) is 5.88 Å². The van der Waals surface area contributed by atoms with E-state index in [0.29, 0.717) is 11.4 Å². The average molecular weight is 257 g/mol. The summed E-state index contributed by atoms with van der Waals surface area (Å²) in [6, 6.07) is 1.65. The molecule has 2 rings (SSSR count). The zero-order chi connectivity index (χ0) is 12.1. The summed E-state index contributed by atoms with van der Waals surface area (Å²) in [5.74, 6) is 0.433. The SMILES string of the molecule is Fc1c(CCl)ccnc1N1CCCCCCC1. The molecule has 1 aliphatic heterocycles. The number of alkyl halides is 1. The van der Waals surface area contributed by atoms with Crippen LogP contribution in [0.4, 0.5) is 10.2 Å². The van der Waals surface area contributed by atoms with Crippen molar-refractivity contribution in [2.75, 3.05) is 18.0 Å². The Balaban J connectivity index is 2.19. The molecule has 0 saturated carbocycles. The van der Waals surface area contributed by atoms with E-state index >= 15 is 0 Å². The number of hydrogen-bond donors (Lipinski definition) is 0. The summed E-state index contributed by atoms with van der Waals surface area (Å²) in [5, 5.41) is 0. The van der Waals surface area contributed by atoms with Crippen molar-refractivity contribution >= 4 is 17.4 Å². The summed E-state index contributed by atoms with van der Waals surface area (Å²) in [6.45, 7) is 1.80. The van der Waals surface area contributed by atoms with Crippen molar-refractivity contribution in [3.8, 4) is 0 Å². The van der Waals surface area contributed by atoms with Gasteiger partial charge in [0.2, 0.25) is 0 Å². The van der Waals surface area contributed by atoms with Gasteiger partial charge in [0.25, 0.3) is 0 Å². The fourth-order valence-electron chi connectivity index (χ4n) is 2.25. The summed E-state index contributed by atoms with van der Waals surface area (Å²) >= 11 is 5.72. The fourth-order valence-corrected chi connectivity index (χ4v) is 2.46. The predicted molar refractivity (Wildman–Crippen MR) is 69.1 cm³/mol. The third-order valence-electron chi connectivity index (χ3n) is 3.25. The number of aromatic nitrogens is 1. The minimum atomic E-state index is -0.247. The minimum Gasteiger partial charge on any atom is -0.354 e. The average Bonchev–Trinajstić information content (AvgIpc) is 2.30. The molecule has 0 radical (unpaired) electrons. The van der Waals surface area contributed by atoms with Gasteiger partial charge in [-0.3, -0.25) is 0 Å². The van der Waals surface area contributed by atoms with Crippen molar-refractivity contribution in [1.29, 1.82) is 0 Å². The molecule has 94 valence electrons. The van der Waals surface area contributed by atoms with E-state index in [1.165, 1.54) is 19.3 Å². The maximum absolute atomic E-state index is 14.1. The highest BCUT2D eigenvalue weighted by Gasteiger charge is 2.16. The quantitative estimate of drug-likeness (QED) is 0.750. The Morgan fingerprint density at radius 1 is 1.18 bits per heavy atom. The highest BCUT2D eigenvalue weighted by atomic mass is 35.5. The molecule has 0 atom stereocenters. The number of rotatable bonds is 2. The second kappa shape index (κ2) is 6.20. The van der Waals surface area contributed by atoms with Crippen LogP contribution in [0.2, 0.25) is 0 Å².